The van der Waals surface area contributed by atoms with Crippen molar-refractivity contribution < 1.29 is 14.0 Å². The second kappa shape index (κ2) is 8.16. The molecule has 32 heavy (non-hydrogen) atoms. The van der Waals surface area contributed by atoms with Gasteiger partial charge in [-0.1, -0.05) is 24.3 Å². The van der Waals surface area contributed by atoms with Crippen LogP contribution in [0.15, 0.2) is 54.1 Å². The van der Waals surface area contributed by atoms with Crippen molar-refractivity contribution >= 4 is 40.9 Å². The van der Waals surface area contributed by atoms with Crippen molar-refractivity contribution in [3.8, 4) is 5.69 Å². The van der Waals surface area contributed by atoms with Gasteiger partial charge in [0.25, 0.3) is 11.8 Å². The Hall–Kier alpha value is -3.58. The second-order valence-electron chi connectivity index (χ2n) is 7.79. The molecule has 2 amide bonds. The molecular formula is C25H22FN3O2S. The highest BCUT2D eigenvalue weighted by Gasteiger charge is 2.35. The second-order valence-corrected chi connectivity index (χ2v) is 8.18. The first-order chi connectivity index (χ1) is 15.2. The summed E-state index contributed by atoms with van der Waals surface area (Å²) in [4.78, 5) is 26.9. The van der Waals surface area contributed by atoms with Gasteiger partial charge in [-0.2, -0.15) is 0 Å². The molecule has 0 radical (unpaired) electrons. The third kappa shape index (κ3) is 3.54. The van der Waals surface area contributed by atoms with E-state index in [0.717, 1.165) is 33.1 Å². The van der Waals surface area contributed by atoms with Crippen molar-refractivity contribution in [1.29, 1.82) is 0 Å². The lowest BCUT2D eigenvalue weighted by molar-refractivity contribution is -0.122. The van der Waals surface area contributed by atoms with Crippen LogP contribution in [0.1, 0.15) is 28.1 Å². The van der Waals surface area contributed by atoms with Crippen molar-refractivity contribution in [2.24, 2.45) is 0 Å². The summed E-state index contributed by atoms with van der Waals surface area (Å²) in [5.41, 5.74) is 5.82. The van der Waals surface area contributed by atoms with Crippen LogP contribution in [0.4, 0.5) is 10.1 Å². The maximum atomic E-state index is 14.4. The number of aryl methyl sites for hydroxylation is 2. The highest BCUT2D eigenvalue weighted by atomic mass is 32.1. The molecule has 1 aliphatic rings. The lowest BCUT2D eigenvalue weighted by Gasteiger charge is -2.29. The average Bonchev–Trinajstić information content (AvgIpc) is 3.01. The number of thiocarbonyl (C=S) groups is 1. The number of amides is 2. The summed E-state index contributed by atoms with van der Waals surface area (Å²) in [6.07, 6.45) is 1.54. The number of anilines is 1. The fraction of sp³-hybridized carbons (Fsp3) is 0.160. The zero-order chi connectivity index (χ0) is 23.2. The van der Waals surface area contributed by atoms with Crippen LogP contribution in [0, 0.1) is 33.5 Å². The van der Waals surface area contributed by atoms with Gasteiger partial charge >= 0.3 is 0 Å². The van der Waals surface area contributed by atoms with E-state index in [2.05, 4.69) is 29.8 Å². The number of hydrogen-bond acceptors (Lipinski definition) is 3. The van der Waals surface area contributed by atoms with Gasteiger partial charge in [0.2, 0.25) is 0 Å². The summed E-state index contributed by atoms with van der Waals surface area (Å²) >= 11 is 5.16. The first-order valence-corrected chi connectivity index (χ1v) is 10.5. The van der Waals surface area contributed by atoms with Crippen LogP contribution >= 0.6 is 12.2 Å². The van der Waals surface area contributed by atoms with Crippen molar-refractivity contribution in [3.63, 3.8) is 0 Å². The number of nitrogens with one attached hydrogen (secondary N) is 1. The first-order valence-electron chi connectivity index (χ1n) is 10.1. The van der Waals surface area contributed by atoms with E-state index in [-0.39, 0.29) is 16.4 Å². The number of halogens is 1. The maximum absolute atomic E-state index is 14.4. The Labute approximate surface area is 191 Å². The van der Waals surface area contributed by atoms with E-state index in [1.807, 2.05) is 32.0 Å². The third-order valence-corrected chi connectivity index (χ3v) is 6.07. The Morgan fingerprint density at radius 2 is 1.66 bits per heavy atom. The maximum Gasteiger partial charge on any atom is 0.270 e. The quantitative estimate of drug-likeness (QED) is 0.360. The van der Waals surface area contributed by atoms with Gasteiger partial charge in [-0.25, -0.2) is 9.29 Å². The van der Waals surface area contributed by atoms with E-state index >= 15 is 0 Å². The highest BCUT2D eigenvalue weighted by molar-refractivity contribution is 7.80. The molecule has 0 aliphatic carbocycles. The number of aromatic nitrogens is 1. The van der Waals surface area contributed by atoms with Crippen molar-refractivity contribution in [2.75, 3.05) is 4.90 Å². The Morgan fingerprint density at radius 3 is 2.38 bits per heavy atom. The van der Waals surface area contributed by atoms with Crippen LogP contribution < -0.4 is 10.2 Å². The summed E-state index contributed by atoms with van der Waals surface area (Å²) in [7, 11) is 0. The number of carbonyl (C=O) groups excluding carboxylic acids is 2. The fourth-order valence-electron chi connectivity index (χ4n) is 3.95. The van der Waals surface area contributed by atoms with E-state index in [4.69, 9.17) is 12.2 Å². The molecule has 4 rings (SSSR count). The number of para-hydroxylation sites is 1. The molecule has 1 fully saturated rings. The Kier molecular flexibility index (Phi) is 5.52. The van der Waals surface area contributed by atoms with Gasteiger partial charge in [0.1, 0.15) is 11.4 Å². The Morgan fingerprint density at radius 1 is 0.969 bits per heavy atom. The number of rotatable bonds is 3. The zero-order valence-electron chi connectivity index (χ0n) is 18.2. The van der Waals surface area contributed by atoms with Crippen LogP contribution in [0.25, 0.3) is 11.8 Å². The predicted molar refractivity (Wildman–Crippen MR) is 127 cm³/mol. The average molecular weight is 448 g/mol. The van der Waals surface area contributed by atoms with Crippen molar-refractivity contribution in [3.05, 3.63) is 88.0 Å². The van der Waals surface area contributed by atoms with Gasteiger partial charge in [0.15, 0.2) is 5.11 Å². The first kappa shape index (κ1) is 21.6. The minimum absolute atomic E-state index is 0.00532. The van der Waals surface area contributed by atoms with Crippen LogP contribution in [-0.2, 0) is 9.59 Å². The van der Waals surface area contributed by atoms with Crippen LogP contribution in [0.2, 0.25) is 0 Å². The van der Waals surface area contributed by atoms with Crippen LogP contribution in [0.5, 0.6) is 0 Å². The van der Waals surface area contributed by atoms with Gasteiger partial charge < -0.3 is 4.57 Å². The molecule has 1 aliphatic heterocycles. The summed E-state index contributed by atoms with van der Waals surface area (Å²) < 4.78 is 16.5. The SMILES string of the molecule is Cc1cccc(-n2c(C)cc(/C=C3\C(=O)NC(=S)N(c4ccccc4F)C3=O)c2C)c1C. The molecule has 0 unspecified atom stereocenters. The number of carbonyl (C=O) groups is 2. The molecule has 1 aromatic heterocycles. The number of nitrogens with zero attached hydrogens (tertiary/aromatic N) is 2. The lowest BCUT2D eigenvalue weighted by Crippen LogP contribution is -2.54. The van der Waals surface area contributed by atoms with Gasteiger partial charge in [0, 0.05) is 17.1 Å². The van der Waals surface area contributed by atoms with E-state index in [1.54, 1.807) is 6.07 Å². The van der Waals surface area contributed by atoms with Crippen molar-refractivity contribution in [2.45, 2.75) is 27.7 Å². The molecule has 3 aromatic rings. The van der Waals surface area contributed by atoms with Gasteiger partial charge in [0.05, 0.1) is 5.69 Å². The minimum atomic E-state index is -0.666. The number of hydrogen-bond donors (Lipinski definition) is 1. The lowest BCUT2D eigenvalue weighted by atomic mass is 10.1. The molecule has 1 saturated heterocycles. The van der Waals surface area contributed by atoms with Crippen LogP contribution in [0.3, 0.4) is 0 Å². The van der Waals surface area contributed by atoms with Crippen molar-refractivity contribution in [1.82, 2.24) is 9.88 Å². The monoisotopic (exact) mass is 447 g/mol. The standard InChI is InChI=1S/C25H22FN3O2S/c1-14-8-7-11-21(16(14)3)28-15(2)12-18(17(28)4)13-19-23(30)27-25(32)29(24(19)31)22-10-6-5-9-20(22)26/h5-13H,1-4H3,(H,27,30,32)/b19-13+. The predicted octanol–water partition coefficient (Wildman–Crippen LogP) is 4.68. The summed E-state index contributed by atoms with van der Waals surface area (Å²) in [6.45, 7) is 8.03. The topological polar surface area (TPSA) is 54.3 Å². The van der Waals surface area contributed by atoms with E-state index < -0.39 is 17.6 Å². The van der Waals surface area contributed by atoms with E-state index in [9.17, 15) is 14.0 Å². The molecular weight excluding hydrogens is 425 g/mol. The third-order valence-electron chi connectivity index (χ3n) is 5.78. The molecule has 0 bridgehead atoms. The van der Waals surface area contributed by atoms with Gasteiger partial charge in [-0.3, -0.25) is 14.9 Å². The zero-order valence-corrected chi connectivity index (χ0v) is 19.0. The molecule has 2 aromatic carbocycles. The normalized spacial score (nSPS) is 15.5. The van der Waals surface area contributed by atoms with Gasteiger partial charge in [-0.15, -0.1) is 0 Å². The Bertz CT molecular complexity index is 1320. The molecule has 2 heterocycles. The molecule has 0 saturated carbocycles. The largest absolute Gasteiger partial charge is 0.318 e. The smallest absolute Gasteiger partial charge is 0.270 e. The van der Waals surface area contributed by atoms with Crippen LogP contribution in [-0.4, -0.2) is 21.5 Å². The molecule has 0 spiro atoms. The van der Waals surface area contributed by atoms with Gasteiger partial charge in [-0.05, 0) is 86.9 Å². The molecule has 0 atom stereocenters. The molecule has 7 heteroatoms. The van der Waals surface area contributed by atoms with E-state index in [0.29, 0.717) is 0 Å². The minimum Gasteiger partial charge on any atom is -0.318 e. The number of benzene rings is 2. The van der Waals surface area contributed by atoms with E-state index in [1.165, 1.54) is 29.8 Å². The molecule has 162 valence electrons. The summed E-state index contributed by atoms with van der Waals surface area (Å²) in [6, 6.07) is 13.8. The highest BCUT2D eigenvalue weighted by Crippen LogP contribution is 2.28. The Balaban J connectivity index is 1.81. The fourth-order valence-corrected chi connectivity index (χ4v) is 4.22. The summed E-state index contributed by atoms with van der Waals surface area (Å²) in [5.74, 6) is -1.88. The summed E-state index contributed by atoms with van der Waals surface area (Å²) in [5, 5.41) is 2.35. The molecule has 1 N–H and O–H groups in total. The molecule has 5 nitrogen and oxygen atoms in total.